The lowest BCUT2D eigenvalue weighted by molar-refractivity contribution is 0.414. The number of nitrogens with one attached hydrogen (secondary N) is 1. The van der Waals surface area contributed by atoms with Crippen LogP contribution in [0.1, 0.15) is 5.56 Å². The predicted octanol–water partition coefficient (Wildman–Crippen LogP) is 2.87. The normalized spacial score (nSPS) is 10.8. The predicted molar refractivity (Wildman–Crippen MR) is 99.6 cm³/mol. The van der Waals surface area contributed by atoms with Gasteiger partial charge in [0.1, 0.15) is 17.9 Å². The highest BCUT2D eigenvalue weighted by Crippen LogP contribution is 2.21. The molecule has 3 heterocycles. The zero-order valence-electron chi connectivity index (χ0n) is 14.3. The van der Waals surface area contributed by atoms with Crippen LogP contribution in [0.2, 0.25) is 0 Å². The van der Waals surface area contributed by atoms with Crippen LogP contribution < -0.4 is 10.1 Å². The maximum absolute atomic E-state index is 5.26. The minimum Gasteiger partial charge on any atom is -0.497 e. The number of hydrogen-bond acceptors (Lipinski definition) is 6. The zero-order chi connectivity index (χ0) is 17.8. The summed E-state index contributed by atoms with van der Waals surface area (Å²) in [6.45, 7) is 0.744. The van der Waals surface area contributed by atoms with Crippen LogP contribution in [0.3, 0.4) is 0 Å². The van der Waals surface area contributed by atoms with Crippen molar-refractivity contribution in [1.82, 2.24) is 24.7 Å². The Hall–Kier alpha value is -3.48. The summed E-state index contributed by atoms with van der Waals surface area (Å²) in [5.74, 6) is 2.35. The number of fused-ring (bicyclic) bond motifs is 1. The monoisotopic (exact) mass is 346 g/mol. The van der Waals surface area contributed by atoms with E-state index in [4.69, 9.17) is 4.74 Å². The molecular weight excluding hydrogens is 328 g/mol. The molecular formula is C19H18N6O. The Bertz CT molecular complexity index is 1010. The van der Waals surface area contributed by atoms with Crippen LogP contribution in [0.5, 0.6) is 5.75 Å². The molecule has 1 aromatic carbocycles. The number of nitrogens with zero attached hydrogens (tertiary/aromatic N) is 5. The summed E-state index contributed by atoms with van der Waals surface area (Å²) in [5, 5.41) is 8.65. The fourth-order valence-corrected chi connectivity index (χ4v) is 2.78. The Morgan fingerprint density at radius 2 is 2.04 bits per heavy atom. The molecule has 0 spiro atoms. The lowest BCUT2D eigenvalue weighted by Gasteiger charge is -2.08. The van der Waals surface area contributed by atoms with Gasteiger partial charge in [0.2, 0.25) is 0 Å². The van der Waals surface area contributed by atoms with Crippen molar-refractivity contribution in [1.29, 1.82) is 0 Å². The summed E-state index contributed by atoms with van der Waals surface area (Å²) in [6.07, 6.45) is 5.89. The summed E-state index contributed by atoms with van der Waals surface area (Å²) in [4.78, 5) is 13.0. The number of aromatic nitrogens is 5. The molecule has 0 fully saturated rings. The van der Waals surface area contributed by atoms with E-state index in [0.29, 0.717) is 0 Å². The van der Waals surface area contributed by atoms with Crippen molar-refractivity contribution < 1.29 is 4.74 Å². The van der Waals surface area contributed by atoms with Crippen molar-refractivity contribution in [3.05, 3.63) is 66.7 Å². The van der Waals surface area contributed by atoms with Gasteiger partial charge in [0.15, 0.2) is 11.5 Å². The molecule has 130 valence electrons. The number of hydrogen-bond donors (Lipinski definition) is 1. The Balaban J connectivity index is 1.53. The van der Waals surface area contributed by atoms with Crippen molar-refractivity contribution >= 4 is 16.9 Å². The van der Waals surface area contributed by atoms with Gasteiger partial charge < -0.3 is 10.1 Å². The van der Waals surface area contributed by atoms with Crippen molar-refractivity contribution in [3.8, 4) is 11.6 Å². The van der Waals surface area contributed by atoms with Gasteiger partial charge in [-0.25, -0.2) is 15.0 Å². The molecule has 1 N–H and O–H groups in total. The quantitative estimate of drug-likeness (QED) is 0.578. The lowest BCUT2D eigenvalue weighted by Crippen LogP contribution is -2.07. The molecule has 7 heteroatoms. The van der Waals surface area contributed by atoms with E-state index in [-0.39, 0.29) is 0 Å². The fraction of sp³-hybridized carbons (Fsp3) is 0.158. The van der Waals surface area contributed by atoms with Gasteiger partial charge in [-0.1, -0.05) is 18.2 Å². The Morgan fingerprint density at radius 1 is 1.08 bits per heavy atom. The van der Waals surface area contributed by atoms with Crippen molar-refractivity contribution in [2.24, 2.45) is 0 Å². The molecule has 0 radical (unpaired) electrons. The van der Waals surface area contributed by atoms with Gasteiger partial charge in [0.25, 0.3) is 0 Å². The van der Waals surface area contributed by atoms with E-state index in [1.165, 1.54) is 11.9 Å². The Labute approximate surface area is 150 Å². The van der Waals surface area contributed by atoms with Gasteiger partial charge in [-0.15, -0.1) is 0 Å². The molecule has 0 unspecified atom stereocenters. The first-order valence-corrected chi connectivity index (χ1v) is 8.32. The number of pyridine rings is 1. The van der Waals surface area contributed by atoms with Gasteiger partial charge in [0, 0.05) is 12.7 Å². The highest BCUT2D eigenvalue weighted by Gasteiger charge is 2.11. The van der Waals surface area contributed by atoms with E-state index in [0.717, 1.165) is 41.4 Å². The van der Waals surface area contributed by atoms with Crippen LogP contribution in [0.15, 0.2) is 61.2 Å². The smallest absolute Gasteiger partial charge is 0.170 e. The first-order valence-electron chi connectivity index (χ1n) is 8.32. The first kappa shape index (κ1) is 16.0. The maximum atomic E-state index is 5.26. The number of rotatable bonds is 6. The minimum atomic E-state index is 0.725. The summed E-state index contributed by atoms with van der Waals surface area (Å²) in [7, 11) is 1.67. The summed E-state index contributed by atoms with van der Waals surface area (Å²) in [5.41, 5.74) is 1.92. The summed E-state index contributed by atoms with van der Waals surface area (Å²) >= 11 is 0. The van der Waals surface area contributed by atoms with Crippen molar-refractivity contribution in [2.45, 2.75) is 6.42 Å². The number of anilines is 1. The molecule has 0 aliphatic rings. The standard InChI is InChI=1S/C19H18N6O/c1-26-15-6-4-5-14(11-15)8-10-21-18-16-12-24-25(19(16)23-13-22-18)17-7-2-3-9-20-17/h2-7,9,11-13H,8,10H2,1H3,(H,21,22,23). The van der Waals surface area contributed by atoms with Crippen molar-refractivity contribution in [2.75, 3.05) is 19.0 Å². The number of benzene rings is 1. The SMILES string of the molecule is COc1cccc(CCNc2ncnc3c2cnn3-c2ccccn2)c1. The van der Waals surface area contributed by atoms with Gasteiger partial charge in [-0.2, -0.15) is 9.78 Å². The summed E-state index contributed by atoms with van der Waals surface area (Å²) < 4.78 is 6.98. The zero-order valence-corrected chi connectivity index (χ0v) is 14.3. The average Bonchev–Trinajstić information content (AvgIpc) is 3.14. The van der Waals surface area contributed by atoms with Gasteiger partial charge in [0.05, 0.1) is 18.7 Å². The lowest BCUT2D eigenvalue weighted by atomic mass is 10.1. The van der Waals surface area contributed by atoms with Gasteiger partial charge in [-0.05, 0) is 36.2 Å². The van der Waals surface area contributed by atoms with E-state index in [2.05, 4.69) is 31.4 Å². The van der Waals surface area contributed by atoms with Crippen LogP contribution >= 0.6 is 0 Å². The van der Waals surface area contributed by atoms with Crippen LogP contribution in [0.25, 0.3) is 16.9 Å². The van der Waals surface area contributed by atoms with Crippen LogP contribution in [-0.4, -0.2) is 38.4 Å². The molecule has 0 aliphatic carbocycles. The second kappa shape index (κ2) is 7.18. The molecule has 26 heavy (non-hydrogen) atoms. The van der Waals surface area contributed by atoms with Crippen molar-refractivity contribution in [3.63, 3.8) is 0 Å². The topological polar surface area (TPSA) is 77.8 Å². The molecule has 0 saturated carbocycles. The van der Waals surface area contributed by atoms with E-state index >= 15 is 0 Å². The van der Waals surface area contributed by atoms with Crippen LogP contribution in [0, 0.1) is 0 Å². The molecule has 3 aromatic heterocycles. The highest BCUT2D eigenvalue weighted by molar-refractivity contribution is 5.86. The fourth-order valence-electron chi connectivity index (χ4n) is 2.78. The Kier molecular flexibility index (Phi) is 4.42. The van der Waals surface area contributed by atoms with E-state index in [1.54, 1.807) is 24.2 Å². The first-order chi connectivity index (χ1) is 12.8. The number of methoxy groups -OCH3 is 1. The van der Waals surface area contributed by atoms with Gasteiger partial charge >= 0.3 is 0 Å². The minimum absolute atomic E-state index is 0.725. The molecule has 0 aliphatic heterocycles. The highest BCUT2D eigenvalue weighted by atomic mass is 16.5. The molecule has 0 atom stereocenters. The van der Waals surface area contributed by atoms with Crippen LogP contribution in [0.4, 0.5) is 5.82 Å². The number of ether oxygens (including phenoxy) is 1. The molecule has 7 nitrogen and oxygen atoms in total. The molecule has 0 bridgehead atoms. The molecule has 4 rings (SSSR count). The second-order valence-electron chi connectivity index (χ2n) is 5.73. The third-order valence-electron chi connectivity index (χ3n) is 4.07. The third kappa shape index (κ3) is 3.19. The van der Waals surface area contributed by atoms with E-state index in [9.17, 15) is 0 Å². The molecule has 0 saturated heterocycles. The maximum Gasteiger partial charge on any atom is 0.170 e. The summed E-state index contributed by atoms with van der Waals surface area (Å²) in [6, 6.07) is 13.7. The van der Waals surface area contributed by atoms with E-state index < -0.39 is 0 Å². The van der Waals surface area contributed by atoms with E-state index in [1.807, 2.05) is 36.4 Å². The van der Waals surface area contributed by atoms with Gasteiger partial charge in [-0.3, -0.25) is 0 Å². The third-order valence-corrected chi connectivity index (χ3v) is 4.07. The Morgan fingerprint density at radius 3 is 2.88 bits per heavy atom. The molecule has 4 aromatic rings. The second-order valence-corrected chi connectivity index (χ2v) is 5.73. The largest absolute Gasteiger partial charge is 0.497 e. The van der Waals surface area contributed by atoms with Crippen LogP contribution in [-0.2, 0) is 6.42 Å². The molecule has 0 amide bonds. The average molecular weight is 346 g/mol.